The van der Waals surface area contributed by atoms with Gasteiger partial charge in [-0.15, -0.1) is 0 Å². The summed E-state index contributed by atoms with van der Waals surface area (Å²) in [7, 11) is 0. The van der Waals surface area contributed by atoms with Crippen molar-refractivity contribution >= 4 is 23.1 Å². The minimum absolute atomic E-state index is 0.0317. The molecule has 2 aliphatic carbocycles. The number of benzene rings is 2. The summed E-state index contributed by atoms with van der Waals surface area (Å²) >= 11 is 0. The smallest absolute Gasteiger partial charge is 0.200 e. The molecule has 2 aromatic rings. The van der Waals surface area contributed by atoms with E-state index in [9.17, 15) is 19.2 Å². The van der Waals surface area contributed by atoms with Gasteiger partial charge in [0.25, 0.3) is 0 Å². The molecule has 0 spiro atoms. The zero-order chi connectivity index (χ0) is 22.1. The summed E-state index contributed by atoms with van der Waals surface area (Å²) in [6, 6.07) is 10.2. The first-order valence-electron chi connectivity index (χ1n) is 10.0. The fraction of sp³-hybridized carbons (Fsp3) is 0.200. The lowest BCUT2D eigenvalue weighted by molar-refractivity contribution is 0.0964. The van der Waals surface area contributed by atoms with Gasteiger partial charge >= 0.3 is 0 Å². The highest BCUT2D eigenvalue weighted by atomic mass is 16.5. The molecule has 156 valence electrons. The summed E-state index contributed by atoms with van der Waals surface area (Å²) in [4.78, 5) is 50.1. The summed E-state index contributed by atoms with van der Waals surface area (Å²) in [5.41, 5.74) is 3.12. The maximum atomic E-state index is 12.6. The molecule has 0 saturated carbocycles. The van der Waals surface area contributed by atoms with Crippen molar-refractivity contribution in [1.82, 2.24) is 0 Å². The van der Waals surface area contributed by atoms with Gasteiger partial charge in [-0.3, -0.25) is 19.2 Å². The molecule has 6 nitrogen and oxygen atoms in total. The molecule has 6 heteroatoms. The van der Waals surface area contributed by atoms with Crippen LogP contribution in [-0.2, 0) is 15.9 Å². The normalized spacial score (nSPS) is 17.5. The van der Waals surface area contributed by atoms with E-state index in [1.807, 2.05) is 0 Å². The Kier molecular flexibility index (Phi) is 5.38. The highest BCUT2D eigenvalue weighted by Gasteiger charge is 2.35. The summed E-state index contributed by atoms with van der Waals surface area (Å²) < 4.78 is 10.3. The molecule has 0 atom stereocenters. The number of Topliss-reactive ketones (excluding diaryl/α,β-unsaturated/α-hetero) is 4. The molecule has 0 aromatic heterocycles. The average Bonchev–Trinajstić information content (AvgIpc) is 3.15. The summed E-state index contributed by atoms with van der Waals surface area (Å²) in [5.74, 6) is -1.38. The van der Waals surface area contributed by atoms with Crippen LogP contribution in [0.1, 0.15) is 66.4 Å². The van der Waals surface area contributed by atoms with Crippen molar-refractivity contribution in [3.8, 4) is 0 Å². The van der Waals surface area contributed by atoms with Crippen molar-refractivity contribution < 1.29 is 28.7 Å². The minimum atomic E-state index is -0.351. The van der Waals surface area contributed by atoms with E-state index < -0.39 is 0 Å². The largest absolute Gasteiger partial charge is 0.501 e. The second-order valence-corrected chi connectivity index (χ2v) is 7.23. The maximum absolute atomic E-state index is 12.6. The van der Waals surface area contributed by atoms with Crippen LogP contribution in [-0.4, -0.2) is 36.3 Å². The van der Waals surface area contributed by atoms with Crippen LogP contribution in [0.2, 0.25) is 0 Å². The summed E-state index contributed by atoms with van der Waals surface area (Å²) in [6.45, 7) is 4.28. The third-order valence-electron chi connectivity index (χ3n) is 5.27. The van der Waals surface area contributed by atoms with Gasteiger partial charge in [0.1, 0.15) is 11.1 Å². The number of carbonyl (C=O) groups is 4. The van der Waals surface area contributed by atoms with E-state index in [4.69, 9.17) is 9.47 Å². The minimum Gasteiger partial charge on any atom is -0.501 e. The second kappa shape index (κ2) is 8.14. The van der Waals surface area contributed by atoms with Gasteiger partial charge in [-0.25, -0.2) is 0 Å². The zero-order valence-corrected chi connectivity index (χ0v) is 17.2. The van der Waals surface area contributed by atoms with Crippen molar-refractivity contribution in [2.24, 2.45) is 0 Å². The van der Waals surface area contributed by atoms with Gasteiger partial charge in [-0.1, -0.05) is 12.1 Å². The topological polar surface area (TPSA) is 86.7 Å². The third-order valence-corrected chi connectivity index (χ3v) is 5.27. The van der Waals surface area contributed by atoms with E-state index >= 15 is 0 Å². The molecule has 31 heavy (non-hydrogen) atoms. The molecular weight excluding hydrogens is 396 g/mol. The van der Waals surface area contributed by atoms with Crippen LogP contribution in [0.15, 0.2) is 60.1 Å². The van der Waals surface area contributed by atoms with Gasteiger partial charge < -0.3 is 9.47 Å². The molecule has 0 fully saturated rings. The number of fused-ring (bicyclic) bond motifs is 2. The molecule has 4 rings (SSSR count). The molecular formula is C25H20O6. The monoisotopic (exact) mass is 416 g/mol. The van der Waals surface area contributed by atoms with Gasteiger partial charge in [0.15, 0.2) is 0 Å². The van der Waals surface area contributed by atoms with Gasteiger partial charge in [0.05, 0.1) is 25.7 Å². The Morgan fingerprint density at radius 2 is 1.00 bits per heavy atom. The van der Waals surface area contributed by atoms with Crippen molar-refractivity contribution in [2.45, 2.75) is 20.3 Å². The number of allylic oxidation sites excluding steroid dienone is 2. The second-order valence-electron chi connectivity index (χ2n) is 7.23. The Balaban J connectivity index is 1.61. The van der Waals surface area contributed by atoms with Crippen molar-refractivity contribution in [3.63, 3.8) is 0 Å². The van der Waals surface area contributed by atoms with Crippen LogP contribution in [0.5, 0.6) is 0 Å². The van der Waals surface area contributed by atoms with Gasteiger partial charge in [-0.2, -0.15) is 0 Å². The Hall–Kier alpha value is -3.80. The van der Waals surface area contributed by atoms with E-state index in [0.717, 1.165) is 11.1 Å². The quantitative estimate of drug-likeness (QED) is 0.404. The molecule has 2 aliphatic rings. The predicted molar refractivity (Wildman–Crippen MR) is 112 cm³/mol. The molecule has 0 saturated heterocycles. The zero-order valence-electron chi connectivity index (χ0n) is 17.2. The predicted octanol–water partition coefficient (Wildman–Crippen LogP) is 3.88. The molecule has 0 unspecified atom stereocenters. The summed E-state index contributed by atoms with van der Waals surface area (Å²) in [6.07, 6.45) is 2.89. The molecule has 0 bridgehead atoms. The van der Waals surface area contributed by atoms with Crippen molar-refractivity contribution in [2.75, 3.05) is 13.2 Å². The van der Waals surface area contributed by atoms with E-state index in [2.05, 4.69) is 0 Å². The molecule has 0 N–H and O–H groups in total. The van der Waals surface area contributed by atoms with Crippen LogP contribution in [0.3, 0.4) is 0 Å². The highest BCUT2D eigenvalue weighted by Crippen LogP contribution is 2.30. The fourth-order valence-corrected chi connectivity index (χ4v) is 3.74. The number of rotatable bonds is 6. The van der Waals surface area contributed by atoms with Gasteiger partial charge in [0, 0.05) is 22.3 Å². The van der Waals surface area contributed by atoms with Crippen molar-refractivity contribution in [1.29, 1.82) is 0 Å². The van der Waals surface area contributed by atoms with Gasteiger partial charge in [-0.05, 0) is 55.7 Å². The number of hydrogen-bond donors (Lipinski definition) is 0. The van der Waals surface area contributed by atoms with Crippen LogP contribution in [0.25, 0.3) is 0 Å². The van der Waals surface area contributed by atoms with E-state index in [0.29, 0.717) is 41.9 Å². The first kappa shape index (κ1) is 20.5. The first-order chi connectivity index (χ1) is 15.0. The SMILES string of the molecule is CCOC=C1C(=O)c2ccc(Cc3ccc4c(c3)C(=O)C(=COCC)C4=O)cc2C1=O. The van der Waals surface area contributed by atoms with E-state index in [-0.39, 0.29) is 34.3 Å². The van der Waals surface area contributed by atoms with Crippen LogP contribution >= 0.6 is 0 Å². The Morgan fingerprint density at radius 3 is 1.39 bits per heavy atom. The average molecular weight is 416 g/mol. The highest BCUT2D eigenvalue weighted by molar-refractivity contribution is 6.40. The standard InChI is InChI=1S/C25H20O6/c1-3-30-12-20-22(26)16-7-5-14(10-18(16)24(20)28)9-15-6-8-17-19(11-15)25(29)21(23(17)27)13-31-4-2/h5-8,10-13H,3-4,9H2,1-2H3. The van der Waals surface area contributed by atoms with Crippen molar-refractivity contribution in [3.05, 3.63) is 93.4 Å². The number of ether oxygens (including phenoxy) is 2. The Labute approximate surface area is 179 Å². The van der Waals surface area contributed by atoms with E-state index in [1.54, 1.807) is 50.2 Å². The Morgan fingerprint density at radius 1 is 0.613 bits per heavy atom. The fourth-order valence-electron chi connectivity index (χ4n) is 3.74. The van der Waals surface area contributed by atoms with Crippen LogP contribution < -0.4 is 0 Å². The number of hydrogen-bond acceptors (Lipinski definition) is 6. The van der Waals surface area contributed by atoms with Gasteiger partial charge in [0.2, 0.25) is 23.1 Å². The number of carbonyl (C=O) groups excluding carboxylic acids is 4. The lowest BCUT2D eigenvalue weighted by atomic mass is 9.97. The molecule has 0 radical (unpaired) electrons. The van der Waals surface area contributed by atoms with E-state index in [1.165, 1.54) is 12.5 Å². The molecule has 2 aromatic carbocycles. The summed E-state index contributed by atoms with van der Waals surface area (Å²) in [5, 5.41) is 0. The molecule has 0 aliphatic heterocycles. The first-order valence-corrected chi connectivity index (χ1v) is 10.0. The molecule has 0 amide bonds. The molecule has 0 heterocycles. The number of ketones is 4. The van der Waals surface area contributed by atoms with Crippen LogP contribution in [0, 0.1) is 0 Å². The Bertz CT molecular complexity index is 1100. The third kappa shape index (κ3) is 3.50. The lowest BCUT2D eigenvalue weighted by Gasteiger charge is -2.06. The lowest BCUT2D eigenvalue weighted by Crippen LogP contribution is -2.01. The van der Waals surface area contributed by atoms with Crippen LogP contribution in [0.4, 0.5) is 0 Å². The maximum Gasteiger partial charge on any atom is 0.200 e.